The number of nitrogens with one attached hydrogen (secondary N) is 1. The highest BCUT2D eigenvalue weighted by Gasteiger charge is 2.46. The second kappa shape index (κ2) is 12.6. The average molecular weight is 553 g/mol. The molecule has 2 heterocycles. The molecule has 0 saturated carbocycles. The van der Waals surface area contributed by atoms with Gasteiger partial charge in [0.2, 0.25) is 5.91 Å². The van der Waals surface area contributed by atoms with E-state index in [0.29, 0.717) is 10.1 Å². The van der Waals surface area contributed by atoms with Crippen LogP contribution in [0.5, 0.6) is 0 Å². The van der Waals surface area contributed by atoms with Crippen molar-refractivity contribution in [3.63, 3.8) is 0 Å². The van der Waals surface area contributed by atoms with E-state index in [4.69, 9.17) is 23.7 Å². The summed E-state index contributed by atoms with van der Waals surface area (Å²) in [7, 11) is 0. The van der Waals surface area contributed by atoms with Crippen LogP contribution in [-0.4, -0.2) is 71.0 Å². The Morgan fingerprint density at radius 1 is 0.947 bits per heavy atom. The van der Waals surface area contributed by atoms with Crippen molar-refractivity contribution in [2.45, 2.75) is 71.3 Å². The Morgan fingerprint density at radius 3 is 2.18 bits per heavy atom. The molecule has 5 atom stereocenters. The van der Waals surface area contributed by atoms with Crippen LogP contribution in [0.15, 0.2) is 29.1 Å². The summed E-state index contributed by atoms with van der Waals surface area (Å²) in [4.78, 5) is 72.7. The molecule has 1 aromatic heterocycles. The van der Waals surface area contributed by atoms with E-state index in [0.717, 1.165) is 39.2 Å². The van der Waals surface area contributed by atoms with E-state index in [-0.39, 0.29) is 18.5 Å². The van der Waals surface area contributed by atoms with Gasteiger partial charge in [-0.15, -0.1) is 0 Å². The minimum atomic E-state index is -1.34. The molecule has 1 amide bonds. The molecule has 5 unspecified atom stereocenters. The molecule has 0 spiro atoms. The number of nitrogens with zero attached hydrogens (tertiary/aromatic N) is 1. The Hall–Kier alpha value is -3.78. The number of fused-ring (bicyclic) bond motifs is 1. The van der Waals surface area contributed by atoms with Gasteiger partial charge in [-0.1, -0.05) is 23.7 Å². The first-order valence-electron chi connectivity index (χ1n) is 11.6. The van der Waals surface area contributed by atoms with Gasteiger partial charge >= 0.3 is 23.9 Å². The fourth-order valence-corrected chi connectivity index (χ4v) is 4.98. The molecule has 0 radical (unpaired) electrons. The van der Waals surface area contributed by atoms with Gasteiger partial charge in [-0.3, -0.25) is 32.7 Å². The van der Waals surface area contributed by atoms with E-state index in [1.165, 1.54) is 3.96 Å². The van der Waals surface area contributed by atoms with Gasteiger partial charge in [-0.2, -0.15) is 0 Å². The van der Waals surface area contributed by atoms with E-state index in [2.05, 4.69) is 5.32 Å². The number of aromatic nitrogens is 1. The summed E-state index contributed by atoms with van der Waals surface area (Å²) in [5, 5.41) is 3.05. The molecule has 3 rings (SSSR count). The van der Waals surface area contributed by atoms with Crippen molar-refractivity contribution in [2.75, 3.05) is 6.61 Å². The molecule has 206 valence electrons. The smallest absolute Gasteiger partial charge is 0.303 e. The van der Waals surface area contributed by atoms with E-state index in [9.17, 15) is 28.8 Å². The first-order chi connectivity index (χ1) is 17.9. The summed E-state index contributed by atoms with van der Waals surface area (Å²) in [5.74, 6) is -3.49. The van der Waals surface area contributed by atoms with Crippen LogP contribution in [0.1, 0.15) is 34.1 Å². The fraction of sp³-hybridized carbons (Fsp3) is 0.500. The Morgan fingerprint density at radius 2 is 1.58 bits per heavy atom. The largest absolute Gasteiger partial charge is 0.463 e. The number of ether oxygens (including phenoxy) is 5. The summed E-state index contributed by atoms with van der Waals surface area (Å²) in [5.41, 5.74) is -0.350. The predicted molar refractivity (Wildman–Crippen MR) is 131 cm³/mol. The van der Waals surface area contributed by atoms with Crippen molar-refractivity contribution in [3.05, 3.63) is 34.6 Å². The molecule has 0 aliphatic carbocycles. The number of benzene rings is 1. The molecule has 1 fully saturated rings. The van der Waals surface area contributed by atoms with Gasteiger partial charge in [0.05, 0.1) is 10.1 Å². The highest BCUT2D eigenvalue weighted by atomic mass is 32.1. The highest BCUT2D eigenvalue weighted by molar-refractivity contribution is 7.13. The predicted octanol–water partition coefficient (Wildman–Crippen LogP) is 0.652. The minimum absolute atomic E-state index is 0.221. The lowest BCUT2D eigenvalue weighted by Gasteiger charge is -2.30. The summed E-state index contributed by atoms with van der Waals surface area (Å²) in [6.45, 7) is 3.77. The number of esters is 4. The quantitative estimate of drug-likeness (QED) is 0.361. The van der Waals surface area contributed by atoms with Crippen LogP contribution in [0.4, 0.5) is 0 Å². The van der Waals surface area contributed by atoms with Crippen LogP contribution < -0.4 is 10.9 Å². The molecule has 1 aliphatic rings. The molecular weight excluding hydrogens is 524 g/mol. The summed E-state index contributed by atoms with van der Waals surface area (Å²) in [6.07, 6.45) is -6.41. The number of amides is 1. The molecular formula is C24H28N2O11S. The summed E-state index contributed by atoms with van der Waals surface area (Å²) < 4.78 is 29.0. The third kappa shape index (κ3) is 7.61. The zero-order valence-electron chi connectivity index (χ0n) is 21.2. The number of hydrogen-bond donors (Lipinski definition) is 1. The molecule has 38 heavy (non-hydrogen) atoms. The monoisotopic (exact) mass is 552 g/mol. The molecule has 2 aromatic rings. The molecule has 1 aromatic carbocycles. The van der Waals surface area contributed by atoms with Gasteiger partial charge in [-0.05, 0) is 12.1 Å². The standard InChI is InChI=1S/C24H28N2O11S/c1-12(27)33-11-19-22(36-15(4)30)17(34-13(2)28)9-18(35-14(3)29)23(37-19)25-21(31)10-26-24(32)16-7-5-6-8-20(16)38-26/h5-8,17-19,22-23H,9-11H2,1-4H3,(H,25,31). The number of carbonyl (C=O) groups is 5. The van der Waals surface area contributed by atoms with Crippen molar-refractivity contribution < 1.29 is 47.7 Å². The zero-order chi connectivity index (χ0) is 28.0. The van der Waals surface area contributed by atoms with Gasteiger partial charge in [0, 0.05) is 34.1 Å². The molecule has 0 bridgehead atoms. The normalized spacial score (nSPS) is 23.1. The van der Waals surface area contributed by atoms with Crippen molar-refractivity contribution in [1.82, 2.24) is 9.27 Å². The number of hydrogen-bond acceptors (Lipinski definition) is 12. The minimum Gasteiger partial charge on any atom is -0.463 e. The third-order valence-electron chi connectivity index (χ3n) is 5.39. The Bertz CT molecular complexity index is 1270. The van der Waals surface area contributed by atoms with Gasteiger partial charge < -0.3 is 29.0 Å². The first kappa shape index (κ1) is 28.8. The number of rotatable bonds is 8. The van der Waals surface area contributed by atoms with Crippen molar-refractivity contribution >= 4 is 51.4 Å². The Kier molecular flexibility index (Phi) is 9.58. The van der Waals surface area contributed by atoms with Crippen LogP contribution in [-0.2, 0) is 54.2 Å². The third-order valence-corrected chi connectivity index (χ3v) is 6.46. The van der Waals surface area contributed by atoms with Gasteiger partial charge in [-0.25, -0.2) is 0 Å². The first-order valence-corrected chi connectivity index (χ1v) is 12.4. The summed E-state index contributed by atoms with van der Waals surface area (Å²) >= 11 is 1.10. The van der Waals surface area contributed by atoms with Crippen molar-refractivity contribution in [2.24, 2.45) is 0 Å². The lowest BCUT2D eigenvalue weighted by atomic mass is 10.0. The fourth-order valence-electron chi connectivity index (χ4n) is 3.99. The maximum absolute atomic E-state index is 13.0. The average Bonchev–Trinajstić information content (AvgIpc) is 3.06. The van der Waals surface area contributed by atoms with E-state index < -0.39 is 67.0 Å². The molecule has 1 saturated heterocycles. The second-order valence-electron chi connectivity index (χ2n) is 8.50. The van der Waals surface area contributed by atoms with Crippen LogP contribution in [0.2, 0.25) is 0 Å². The van der Waals surface area contributed by atoms with Gasteiger partial charge in [0.15, 0.2) is 12.3 Å². The van der Waals surface area contributed by atoms with Crippen molar-refractivity contribution in [1.29, 1.82) is 0 Å². The van der Waals surface area contributed by atoms with E-state index >= 15 is 0 Å². The van der Waals surface area contributed by atoms with E-state index in [1.807, 2.05) is 0 Å². The number of carbonyl (C=O) groups excluding carboxylic acids is 5. The summed E-state index contributed by atoms with van der Waals surface area (Å²) in [6, 6.07) is 6.89. The Balaban J connectivity index is 1.91. The molecule has 13 nitrogen and oxygen atoms in total. The molecule has 14 heteroatoms. The second-order valence-corrected chi connectivity index (χ2v) is 9.56. The lowest BCUT2D eigenvalue weighted by molar-refractivity contribution is -0.187. The van der Waals surface area contributed by atoms with E-state index in [1.54, 1.807) is 24.3 Å². The lowest BCUT2D eigenvalue weighted by Crippen LogP contribution is -2.50. The topological polar surface area (TPSA) is 166 Å². The van der Waals surface area contributed by atoms with Crippen LogP contribution in [0.25, 0.3) is 10.1 Å². The van der Waals surface area contributed by atoms with Gasteiger partial charge in [0.25, 0.3) is 5.56 Å². The van der Waals surface area contributed by atoms with Crippen LogP contribution in [0, 0.1) is 0 Å². The highest BCUT2D eigenvalue weighted by Crippen LogP contribution is 2.27. The zero-order valence-corrected chi connectivity index (χ0v) is 22.0. The SMILES string of the molecule is CC(=O)OCC1OC(NC(=O)Cn2sc3ccccc3c2=O)C(OC(C)=O)CC(OC(C)=O)C1OC(C)=O. The maximum atomic E-state index is 13.0. The molecule has 1 N–H and O–H groups in total. The van der Waals surface area contributed by atoms with Crippen molar-refractivity contribution in [3.8, 4) is 0 Å². The molecule has 1 aliphatic heterocycles. The van der Waals surface area contributed by atoms with Crippen LogP contribution in [0.3, 0.4) is 0 Å². The van der Waals surface area contributed by atoms with Crippen LogP contribution >= 0.6 is 11.5 Å². The maximum Gasteiger partial charge on any atom is 0.303 e. The van der Waals surface area contributed by atoms with Gasteiger partial charge in [0.1, 0.15) is 31.5 Å². The Labute approximate surface area is 221 Å².